The van der Waals surface area contributed by atoms with Crippen LogP contribution in [0.25, 0.3) is 0 Å². The van der Waals surface area contributed by atoms with E-state index in [0.717, 1.165) is 14.5 Å². The molecule has 0 aliphatic heterocycles. The second-order valence-electron chi connectivity index (χ2n) is 4.65. The number of hydrogen-bond donors (Lipinski definition) is 2. The summed E-state index contributed by atoms with van der Waals surface area (Å²) in [5.41, 5.74) is 1.96. The number of anilines is 1. The smallest absolute Gasteiger partial charge is 0.246 e. The van der Waals surface area contributed by atoms with E-state index in [1.165, 1.54) is 0 Å². The molecule has 1 unspecified atom stereocenters. The first-order chi connectivity index (χ1) is 10.4. The van der Waals surface area contributed by atoms with Crippen molar-refractivity contribution in [1.82, 2.24) is 0 Å². The number of benzene rings is 2. The summed E-state index contributed by atoms with van der Waals surface area (Å²) in [6.07, 6.45) is 0. The lowest BCUT2D eigenvalue weighted by Crippen LogP contribution is -2.22. The van der Waals surface area contributed by atoms with Crippen LogP contribution in [0.15, 0.2) is 51.4 Å². The van der Waals surface area contributed by atoms with Gasteiger partial charge in [-0.3, -0.25) is 4.79 Å². The molecule has 0 fully saturated rings. The van der Waals surface area contributed by atoms with Crippen molar-refractivity contribution < 1.29 is 13.2 Å². The highest BCUT2D eigenvalue weighted by Gasteiger charge is 2.24. The van der Waals surface area contributed by atoms with Crippen LogP contribution in [0.1, 0.15) is 16.4 Å². The zero-order valence-electron chi connectivity index (χ0n) is 11.5. The second kappa shape index (κ2) is 7.39. The third kappa shape index (κ3) is 3.97. The van der Waals surface area contributed by atoms with Crippen molar-refractivity contribution in [2.75, 3.05) is 5.32 Å². The van der Waals surface area contributed by atoms with Gasteiger partial charge in [0, 0.05) is 14.6 Å². The summed E-state index contributed by atoms with van der Waals surface area (Å²) in [4.78, 5) is 12.3. The van der Waals surface area contributed by atoms with Gasteiger partial charge in [0.25, 0.3) is 0 Å². The first-order valence-corrected chi connectivity index (χ1v) is 9.18. The summed E-state index contributed by atoms with van der Waals surface area (Å²) in [5.74, 6) is -0.579. The van der Waals surface area contributed by atoms with E-state index in [-0.39, 0.29) is 0 Å². The fourth-order valence-electron chi connectivity index (χ4n) is 1.93. The summed E-state index contributed by atoms with van der Waals surface area (Å²) in [7, 11) is -2.93. The van der Waals surface area contributed by atoms with Crippen molar-refractivity contribution in [3.63, 3.8) is 0 Å². The molecule has 22 heavy (non-hydrogen) atoms. The number of halogens is 2. The maximum absolute atomic E-state index is 12.3. The lowest BCUT2D eigenvalue weighted by atomic mass is 10.1. The molecule has 7 heteroatoms. The standard InChI is InChI=1S/C15H13Br2NO3S/c1-9-12(16)7-11(8-13(9)17)18-15(19)14(22(20)21)10-5-3-2-4-6-10/h2-8,14,22H,1H3,(H,18,19). The topological polar surface area (TPSA) is 63.2 Å². The van der Waals surface area contributed by atoms with Gasteiger partial charge >= 0.3 is 0 Å². The van der Waals surface area contributed by atoms with Crippen LogP contribution < -0.4 is 5.32 Å². The highest BCUT2D eigenvalue weighted by atomic mass is 79.9. The molecule has 0 aliphatic carbocycles. The molecule has 2 aromatic rings. The van der Waals surface area contributed by atoms with Crippen LogP contribution >= 0.6 is 31.9 Å². The Kier molecular flexibility index (Phi) is 5.77. The largest absolute Gasteiger partial charge is 0.325 e. The van der Waals surface area contributed by atoms with Crippen LogP contribution in [0, 0.1) is 6.92 Å². The summed E-state index contributed by atoms with van der Waals surface area (Å²) in [6, 6.07) is 11.9. The predicted molar refractivity (Wildman–Crippen MR) is 94.7 cm³/mol. The minimum atomic E-state index is -2.93. The molecule has 0 aliphatic rings. The molecule has 1 amide bonds. The van der Waals surface area contributed by atoms with Crippen LogP contribution in [-0.2, 0) is 15.5 Å². The molecule has 0 aromatic heterocycles. The number of rotatable bonds is 4. The van der Waals surface area contributed by atoms with Gasteiger partial charge in [-0.05, 0) is 30.2 Å². The fraction of sp³-hybridized carbons (Fsp3) is 0.133. The molecule has 116 valence electrons. The maximum Gasteiger partial charge on any atom is 0.246 e. The molecule has 0 saturated carbocycles. The summed E-state index contributed by atoms with van der Waals surface area (Å²) < 4.78 is 24.6. The van der Waals surface area contributed by atoms with E-state index in [9.17, 15) is 13.2 Å². The molecule has 1 N–H and O–H groups in total. The molecule has 2 rings (SSSR count). The number of carbonyl (C=O) groups is 1. The Morgan fingerprint density at radius 1 is 1.09 bits per heavy atom. The van der Waals surface area contributed by atoms with Crippen LogP contribution in [0.4, 0.5) is 5.69 Å². The summed E-state index contributed by atoms with van der Waals surface area (Å²) >= 11 is 6.79. The van der Waals surface area contributed by atoms with Crippen LogP contribution in [0.2, 0.25) is 0 Å². The first kappa shape index (κ1) is 17.2. The van der Waals surface area contributed by atoms with E-state index in [1.54, 1.807) is 42.5 Å². The Balaban J connectivity index is 2.30. The average molecular weight is 447 g/mol. The Bertz CT molecular complexity index is 745. The molecule has 0 bridgehead atoms. The number of thiol groups is 1. The van der Waals surface area contributed by atoms with E-state index in [1.807, 2.05) is 6.92 Å². The average Bonchev–Trinajstić information content (AvgIpc) is 2.45. The van der Waals surface area contributed by atoms with Crippen LogP contribution in [0.3, 0.4) is 0 Å². The Hall–Kier alpha value is -1.18. The lowest BCUT2D eigenvalue weighted by molar-refractivity contribution is -0.115. The van der Waals surface area contributed by atoms with Crippen LogP contribution in [0.5, 0.6) is 0 Å². The molecule has 0 heterocycles. The fourth-order valence-corrected chi connectivity index (χ4v) is 3.79. The molecular formula is C15H13Br2NO3S. The Morgan fingerprint density at radius 3 is 2.14 bits per heavy atom. The predicted octanol–water partition coefficient (Wildman–Crippen LogP) is 3.81. The van der Waals surface area contributed by atoms with Gasteiger partial charge in [0.2, 0.25) is 5.91 Å². The zero-order chi connectivity index (χ0) is 16.3. The molecule has 1 atom stereocenters. The summed E-state index contributed by atoms with van der Waals surface area (Å²) in [6.45, 7) is 1.92. The molecule has 2 aromatic carbocycles. The second-order valence-corrected chi connectivity index (χ2v) is 7.45. The zero-order valence-corrected chi connectivity index (χ0v) is 15.6. The van der Waals surface area contributed by atoms with Gasteiger partial charge in [-0.2, -0.15) is 0 Å². The molecule has 0 spiro atoms. The monoisotopic (exact) mass is 445 g/mol. The van der Waals surface area contributed by atoms with Gasteiger partial charge < -0.3 is 5.32 Å². The van der Waals surface area contributed by atoms with Gasteiger partial charge in [0.05, 0.1) is 0 Å². The lowest BCUT2D eigenvalue weighted by Gasteiger charge is -2.13. The minimum absolute atomic E-state index is 0.446. The van der Waals surface area contributed by atoms with Crippen molar-refractivity contribution in [3.8, 4) is 0 Å². The maximum atomic E-state index is 12.3. The summed E-state index contributed by atoms with van der Waals surface area (Å²) in [5, 5.41) is 1.44. The third-order valence-corrected chi connectivity index (χ3v) is 5.72. The van der Waals surface area contributed by atoms with E-state index in [2.05, 4.69) is 37.2 Å². The Morgan fingerprint density at radius 2 is 1.64 bits per heavy atom. The quantitative estimate of drug-likeness (QED) is 0.702. The SMILES string of the molecule is Cc1c(Br)cc(NC(=O)C(c2ccccc2)[SH](=O)=O)cc1Br. The van der Waals surface area contributed by atoms with E-state index < -0.39 is 21.9 Å². The normalized spacial score (nSPS) is 12.2. The van der Waals surface area contributed by atoms with Crippen molar-refractivity contribution in [2.45, 2.75) is 12.2 Å². The highest BCUT2D eigenvalue weighted by molar-refractivity contribution is 9.11. The van der Waals surface area contributed by atoms with Crippen molar-refractivity contribution in [3.05, 3.63) is 62.5 Å². The molecular weight excluding hydrogens is 434 g/mol. The first-order valence-electron chi connectivity index (χ1n) is 6.35. The minimum Gasteiger partial charge on any atom is -0.325 e. The van der Waals surface area contributed by atoms with Gasteiger partial charge in [-0.25, -0.2) is 8.42 Å². The van der Waals surface area contributed by atoms with Gasteiger partial charge in [0.15, 0.2) is 16.0 Å². The van der Waals surface area contributed by atoms with Crippen molar-refractivity contribution in [1.29, 1.82) is 0 Å². The van der Waals surface area contributed by atoms with E-state index in [4.69, 9.17) is 0 Å². The molecule has 0 saturated heterocycles. The Labute approximate surface area is 147 Å². The third-order valence-electron chi connectivity index (χ3n) is 3.12. The van der Waals surface area contributed by atoms with Gasteiger partial charge in [0.1, 0.15) is 0 Å². The van der Waals surface area contributed by atoms with Gasteiger partial charge in [-0.1, -0.05) is 62.2 Å². The number of carbonyl (C=O) groups excluding carboxylic acids is 1. The number of amides is 1. The highest BCUT2D eigenvalue weighted by Crippen LogP contribution is 2.29. The van der Waals surface area contributed by atoms with E-state index in [0.29, 0.717) is 11.3 Å². The van der Waals surface area contributed by atoms with Crippen molar-refractivity contribution >= 4 is 54.2 Å². The number of hydrogen-bond acceptors (Lipinski definition) is 3. The molecule has 0 radical (unpaired) electrons. The number of nitrogens with one attached hydrogen (secondary N) is 1. The van der Waals surface area contributed by atoms with E-state index >= 15 is 0 Å². The van der Waals surface area contributed by atoms with Crippen LogP contribution in [-0.4, -0.2) is 14.3 Å². The van der Waals surface area contributed by atoms with Crippen molar-refractivity contribution in [2.24, 2.45) is 0 Å². The van der Waals surface area contributed by atoms with Gasteiger partial charge in [-0.15, -0.1) is 0 Å². The molecule has 4 nitrogen and oxygen atoms in total.